The van der Waals surface area contributed by atoms with E-state index in [4.69, 9.17) is 9.47 Å². The Labute approximate surface area is 106 Å². The SMILES string of the molecule is COCCOCCCNCCCC1CCCC1. The van der Waals surface area contributed by atoms with Crippen molar-refractivity contribution in [2.75, 3.05) is 40.0 Å². The third kappa shape index (κ3) is 8.58. The molecular formula is C14H29NO2. The van der Waals surface area contributed by atoms with Crippen molar-refractivity contribution in [1.29, 1.82) is 0 Å². The second kappa shape index (κ2) is 11.0. The van der Waals surface area contributed by atoms with E-state index in [0.29, 0.717) is 6.61 Å². The molecule has 3 heteroatoms. The molecule has 0 unspecified atom stereocenters. The van der Waals surface area contributed by atoms with Gasteiger partial charge in [-0.1, -0.05) is 25.7 Å². The van der Waals surface area contributed by atoms with Crippen molar-refractivity contribution in [3.8, 4) is 0 Å². The van der Waals surface area contributed by atoms with Gasteiger partial charge in [0.2, 0.25) is 0 Å². The third-order valence-electron chi connectivity index (χ3n) is 3.51. The Hall–Kier alpha value is -0.120. The Morgan fingerprint density at radius 2 is 1.76 bits per heavy atom. The minimum Gasteiger partial charge on any atom is -0.382 e. The highest BCUT2D eigenvalue weighted by molar-refractivity contribution is 4.67. The van der Waals surface area contributed by atoms with Crippen molar-refractivity contribution < 1.29 is 9.47 Å². The fourth-order valence-corrected chi connectivity index (χ4v) is 2.48. The van der Waals surface area contributed by atoms with E-state index in [1.807, 2.05) is 0 Å². The van der Waals surface area contributed by atoms with Gasteiger partial charge >= 0.3 is 0 Å². The number of rotatable bonds is 11. The van der Waals surface area contributed by atoms with Gasteiger partial charge in [0.25, 0.3) is 0 Å². The van der Waals surface area contributed by atoms with Gasteiger partial charge in [0, 0.05) is 13.7 Å². The molecule has 0 aliphatic heterocycles. The Morgan fingerprint density at radius 1 is 1.00 bits per heavy atom. The zero-order valence-electron chi connectivity index (χ0n) is 11.4. The van der Waals surface area contributed by atoms with Crippen LogP contribution in [0.15, 0.2) is 0 Å². The molecule has 1 aliphatic carbocycles. The first-order chi connectivity index (χ1) is 8.43. The van der Waals surface area contributed by atoms with Crippen LogP contribution >= 0.6 is 0 Å². The molecule has 17 heavy (non-hydrogen) atoms. The first-order valence-electron chi connectivity index (χ1n) is 7.21. The van der Waals surface area contributed by atoms with E-state index in [1.54, 1.807) is 7.11 Å². The van der Waals surface area contributed by atoms with Crippen LogP contribution in [0.2, 0.25) is 0 Å². The molecule has 0 heterocycles. The second-order valence-corrected chi connectivity index (χ2v) is 5.00. The van der Waals surface area contributed by atoms with Crippen LogP contribution in [0.5, 0.6) is 0 Å². The lowest BCUT2D eigenvalue weighted by molar-refractivity contribution is 0.0695. The fraction of sp³-hybridized carbons (Fsp3) is 1.00. The molecule has 0 amide bonds. The lowest BCUT2D eigenvalue weighted by Crippen LogP contribution is -2.19. The fourth-order valence-electron chi connectivity index (χ4n) is 2.48. The van der Waals surface area contributed by atoms with Crippen molar-refractivity contribution in [1.82, 2.24) is 5.32 Å². The van der Waals surface area contributed by atoms with Crippen molar-refractivity contribution in [2.45, 2.75) is 44.9 Å². The van der Waals surface area contributed by atoms with E-state index in [9.17, 15) is 0 Å². The van der Waals surface area contributed by atoms with Crippen molar-refractivity contribution in [3.63, 3.8) is 0 Å². The Balaban J connectivity index is 1.69. The third-order valence-corrected chi connectivity index (χ3v) is 3.51. The maximum atomic E-state index is 5.40. The average molecular weight is 243 g/mol. The average Bonchev–Trinajstić information content (AvgIpc) is 2.85. The standard InChI is InChI=1S/C14H29NO2/c1-16-12-13-17-11-5-10-15-9-4-8-14-6-2-3-7-14/h14-15H,2-13H2,1H3. The minimum atomic E-state index is 0.703. The number of hydrogen-bond donors (Lipinski definition) is 1. The summed E-state index contributed by atoms with van der Waals surface area (Å²) in [4.78, 5) is 0. The maximum Gasteiger partial charge on any atom is 0.0700 e. The molecule has 1 N–H and O–H groups in total. The van der Waals surface area contributed by atoms with E-state index in [1.165, 1.54) is 45.1 Å². The Bertz CT molecular complexity index is 158. The summed E-state index contributed by atoms with van der Waals surface area (Å²) in [5, 5.41) is 3.49. The van der Waals surface area contributed by atoms with E-state index in [0.717, 1.165) is 32.1 Å². The lowest BCUT2D eigenvalue weighted by Gasteiger charge is -2.09. The van der Waals surface area contributed by atoms with Gasteiger partial charge in [-0.25, -0.2) is 0 Å². The van der Waals surface area contributed by atoms with Crippen LogP contribution in [0, 0.1) is 5.92 Å². The summed E-state index contributed by atoms with van der Waals surface area (Å²) < 4.78 is 10.3. The number of ether oxygens (including phenoxy) is 2. The largest absolute Gasteiger partial charge is 0.382 e. The summed E-state index contributed by atoms with van der Waals surface area (Å²) in [6.07, 6.45) is 9.77. The number of nitrogens with one attached hydrogen (secondary N) is 1. The van der Waals surface area contributed by atoms with Crippen LogP contribution in [0.1, 0.15) is 44.9 Å². The molecule has 102 valence electrons. The van der Waals surface area contributed by atoms with Gasteiger partial charge in [-0.2, -0.15) is 0 Å². The van der Waals surface area contributed by atoms with E-state index < -0.39 is 0 Å². The zero-order chi connectivity index (χ0) is 12.2. The molecular weight excluding hydrogens is 214 g/mol. The molecule has 0 aromatic carbocycles. The number of hydrogen-bond acceptors (Lipinski definition) is 3. The predicted octanol–water partition coefficient (Wildman–Crippen LogP) is 2.60. The quantitative estimate of drug-likeness (QED) is 0.566. The normalized spacial score (nSPS) is 16.8. The molecule has 0 radical (unpaired) electrons. The molecule has 1 rings (SSSR count). The lowest BCUT2D eigenvalue weighted by atomic mass is 10.0. The van der Waals surface area contributed by atoms with Crippen molar-refractivity contribution in [2.24, 2.45) is 5.92 Å². The van der Waals surface area contributed by atoms with E-state index in [-0.39, 0.29) is 0 Å². The van der Waals surface area contributed by atoms with Crippen LogP contribution in [0.4, 0.5) is 0 Å². The molecule has 0 bridgehead atoms. The molecule has 1 fully saturated rings. The second-order valence-electron chi connectivity index (χ2n) is 5.00. The summed E-state index contributed by atoms with van der Waals surface area (Å²) in [5.41, 5.74) is 0. The molecule has 0 atom stereocenters. The Morgan fingerprint density at radius 3 is 2.53 bits per heavy atom. The van der Waals surface area contributed by atoms with Gasteiger partial charge in [-0.15, -0.1) is 0 Å². The molecule has 0 aromatic heterocycles. The van der Waals surface area contributed by atoms with Gasteiger partial charge < -0.3 is 14.8 Å². The van der Waals surface area contributed by atoms with Gasteiger partial charge in [-0.3, -0.25) is 0 Å². The minimum absolute atomic E-state index is 0.703. The van der Waals surface area contributed by atoms with E-state index in [2.05, 4.69) is 5.32 Å². The van der Waals surface area contributed by atoms with Crippen LogP contribution in [-0.2, 0) is 9.47 Å². The summed E-state index contributed by atoms with van der Waals surface area (Å²) >= 11 is 0. The highest BCUT2D eigenvalue weighted by Gasteiger charge is 2.13. The first-order valence-corrected chi connectivity index (χ1v) is 7.21. The Kier molecular flexibility index (Phi) is 9.66. The molecule has 3 nitrogen and oxygen atoms in total. The van der Waals surface area contributed by atoms with Crippen LogP contribution in [-0.4, -0.2) is 40.0 Å². The molecule has 0 spiro atoms. The first kappa shape index (κ1) is 14.9. The maximum absolute atomic E-state index is 5.40. The van der Waals surface area contributed by atoms with Crippen molar-refractivity contribution >= 4 is 0 Å². The van der Waals surface area contributed by atoms with Crippen LogP contribution in [0.3, 0.4) is 0 Å². The zero-order valence-corrected chi connectivity index (χ0v) is 11.4. The predicted molar refractivity (Wildman–Crippen MR) is 71.4 cm³/mol. The smallest absolute Gasteiger partial charge is 0.0700 e. The van der Waals surface area contributed by atoms with Gasteiger partial charge in [-0.05, 0) is 38.3 Å². The van der Waals surface area contributed by atoms with Crippen LogP contribution < -0.4 is 5.32 Å². The summed E-state index contributed by atoms with van der Waals surface area (Å²) in [6, 6.07) is 0. The molecule has 0 saturated heterocycles. The summed E-state index contributed by atoms with van der Waals surface area (Å²) in [5.74, 6) is 1.04. The van der Waals surface area contributed by atoms with Crippen molar-refractivity contribution in [3.05, 3.63) is 0 Å². The summed E-state index contributed by atoms with van der Waals surface area (Å²) in [7, 11) is 1.70. The van der Waals surface area contributed by atoms with E-state index >= 15 is 0 Å². The molecule has 0 aromatic rings. The van der Waals surface area contributed by atoms with Crippen LogP contribution in [0.25, 0.3) is 0 Å². The molecule has 1 aliphatic rings. The topological polar surface area (TPSA) is 30.5 Å². The number of methoxy groups -OCH3 is 1. The van der Waals surface area contributed by atoms with Gasteiger partial charge in [0.15, 0.2) is 0 Å². The highest BCUT2D eigenvalue weighted by Crippen LogP contribution is 2.28. The highest BCUT2D eigenvalue weighted by atomic mass is 16.5. The summed E-state index contributed by atoms with van der Waals surface area (Å²) in [6.45, 7) is 4.53. The monoisotopic (exact) mass is 243 g/mol. The van der Waals surface area contributed by atoms with Gasteiger partial charge in [0.1, 0.15) is 0 Å². The van der Waals surface area contributed by atoms with Gasteiger partial charge in [0.05, 0.1) is 13.2 Å². The molecule has 1 saturated carbocycles.